The number of amides is 1. The van der Waals surface area contributed by atoms with Crippen LogP contribution in [0.1, 0.15) is 27.9 Å². The minimum absolute atomic E-state index is 0.0802. The van der Waals surface area contributed by atoms with Crippen molar-refractivity contribution in [2.75, 3.05) is 13.1 Å². The van der Waals surface area contributed by atoms with Crippen molar-refractivity contribution in [1.82, 2.24) is 9.88 Å². The third-order valence-electron chi connectivity index (χ3n) is 3.85. The fourth-order valence-corrected chi connectivity index (χ4v) is 2.56. The van der Waals surface area contributed by atoms with Gasteiger partial charge in [0.25, 0.3) is 5.91 Å². The molecule has 106 valence electrons. The van der Waals surface area contributed by atoms with Crippen LogP contribution in [0.25, 0.3) is 5.57 Å². The second kappa shape index (κ2) is 5.92. The summed E-state index contributed by atoms with van der Waals surface area (Å²) < 4.78 is 0. The van der Waals surface area contributed by atoms with Crippen molar-refractivity contribution in [1.29, 1.82) is 0 Å². The van der Waals surface area contributed by atoms with Crippen LogP contribution in [-0.2, 0) is 0 Å². The maximum absolute atomic E-state index is 12.4. The van der Waals surface area contributed by atoms with E-state index in [1.54, 1.807) is 24.5 Å². The standard InChI is InChI=1S/C18H18N2O/c1-14-2-4-15(5-3-14)16-8-12-20(13-9-16)18(21)17-6-10-19-11-7-17/h2-8,10-11H,9,12-13H2,1H3. The molecular formula is C18H18N2O. The minimum Gasteiger partial charge on any atom is -0.335 e. The Morgan fingerprint density at radius 1 is 1.10 bits per heavy atom. The molecule has 1 amide bonds. The lowest BCUT2D eigenvalue weighted by molar-refractivity contribution is 0.0773. The smallest absolute Gasteiger partial charge is 0.254 e. The Morgan fingerprint density at radius 3 is 2.43 bits per heavy atom. The van der Waals surface area contributed by atoms with E-state index in [1.165, 1.54) is 16.7 Å². The predicted octanol–water partition coefficient (Wildman–Crippen LogP) is 3.32. The van der Waals surface area contributed by atoms with Gasteiger partial charge in [-0.3, -0.25) is 9.78 Å². The van der Waals surface area contributed by atoms with Gasteiger partial charge in [0.15, 0.2) is 0 Å². The SMILES string of the molecule is Cc1ccc(C2=CCN(C(=O)c3ccncc3)CC2)cc1. The molecule has 0 radical (unpaired) electrons. The van der Waals surface area contributed by atoms with Crippen LogP contribution in [0.5, 0.6) is 0 Å². The van der Waals surface area contributed by atoms with Gasteiger partial charge in [-0.05, 0) is 36.6 Å². The molecule has 1 aliphatic rings. The monoisotopic (exact) mass is 278 g/mol. The van der Waals surface area contributed by atoms with Crippen LogP contribution >= 0.6 is 0 Å². The summed E-state index contributed by atoms with van der Waals surface area (Å²) in [4.78, 5) is 18.2. The summed E-state index contributed by atoms with van der Waals surface area (Å²) in [7, 11) is 0. The minimum atomic E-state index is 0.0802. The molecular weight excluding hydrogens is 260 g/mol. The van der Waals surface area contributed by atoms with Gasteiger partial charge in [-0.25, -0.2) is 0 Å². The Morgan fingerprint density at radius 2 is 1.81 bits per heavy atom. The maximum Gasteiger partial charge on any atom is 0.254 e. The number of pyridine rings is 1. The Bertz CT molecular complexity index is 659. The van der Waals surface area contributed by atoms with Crippen LogP contribution in [0, 0.1) is 6.92 Å². The van der Waals surface area contributed by atoms with Gasteiger partial charge in [0.1, 0.15) is 0 Å². The highest BCUT2D eigenvalue weighted by molar-refractivity contribution is 5.94. The van der Waals surface area contributed by atoms with Crippen molar-refractivity contribution in [2.24, 2.45) is 0 Å². The van der Waals surface area contributed by atoms with E-state index in [2.05, 4.69) is 42.2 Å². The summed E-state index contributed by atoms with van der Waals surface area (Å²) in [5, 5.41) is 0. The van der Waals surface area contributed by atoms with E-state index in [-0.39, 0.29) is 5.91 Å². The summed E-state index contributed by atoms with van der Waals surface area (Å²) in [5.41, 5.74) is 4.56. The molecule has 0 spiro atoms. The Hall–Kier alpha value is -2.42. The van der Waals surface area contributed by atoms with Gasteiger partial charge < -0.3 is 4.90 Å². The first-order valence-corrected chi connectivity index (χ1v) is 7.19. The number of aryl methyl sites for hydroxylation is 1. The molecule has 0 N–H and O–H groups in total. The average molecular weight is 278 g/mol. The van der Waals surface area contributed by atoms with Gasteiger partial charge in [0.2, 0.25) is 0 Å². The molecule has 2 aromatic rings. The van der Waals surface area contributed by atoms with Gasteiger partial charge in [-0.1, -0.05) is 35.9 Å². The first-order valence-electron chi connectivity index (χ1n) is 7.19. The highest BCUT2D eigenvalue weighted by Gasteiger charge is 2.18. The zero-order valence-corrected chi connectivity index (χ0v) is 12.1. The summed E-state index contributed by atoms with van der Waals surface area (Å²) >= 11 is 0. The number of hydrogen-bond acceptors (Lipinski definition) is 2. The second-order valence-corrected chi connectivity index (χ2v) is 5.33. The number of aromatic nitrogens is 1. The number of carbonyl (C=O) groups is 1. The number of rotatable bonds is 2. The van der Waals surface area contributed by atoms with E-state index >= 15 is 0 Å². The van der Waals surface area contributed by atoms with E-state index in [0.717, 1.165) is 13.0 Å². The largest absolute Gasteiger partial charge is 0.335 e. The normalized spacial score (nSPS) is 14.7. The molecule has 21 heavy (non-hydrogen) atoms. The third-order valence-corrected chi connectivity index (χ3v) is 3.85. The molecule has 0 bridgehead atoms. The zero-order chi connectivity index (χ0) is 14.7. The lowest BCUT2D eigenvalue weighted by Crippen LogP contribution is -2.34. The highest BCUT2D eigenvalue weighted by atomic mass is 16.2. The number of benzene rings is 1. The molecule has 2 heterocycles. The lowest BCUT2D eigenvalue weighted by Gasteiger charge is -2.26. The van der Waals surface area contributed by atoms with E-state index in [1.807, 2.05) is 4.90 Å². The Balaban J connectivity index is 1.72. The third kappa shape index (κ3) is 3.02. The Kier molecular flexibility index (Phi) is 3.82. The van der Waals surface area contributed by atoms with Gasteiger partial charge >= 0.3 is 0 Å². The first kappa shape index (κ1) is 13.6. The quantitative estimate of drug-likeness (QED) is 0.844. The van der Waals surface area contributed by atoms with Crippen LogP contribution in [0.15, 0.2) is 54.9 Å². The molecule has 0 atom stereocenters. The topological polar surface area (TPSA) is 33.2 Å². The molecule has 3 nitrogen and oxygen atoms in total. The fourth-order valence-electron chi connectivity index (χ4n) is 2.56. The van der Waals surface area contributed by atoms with Crippen molar-refractivity contribution in [2.45, 2.75) is 13.3 Å². The number of hydrogen-bond donors (Lipinski definition) is 0. The van der Waals surface area contributed by atoms with Crippen molar-refractivity contribution in [3.05, 3.63) is 71.6 Å². The van der Waals surface area contributed by atoms with Crippen LogP contribution in [-0.4, -0.2) is 28.9 Å². The Labute approximate surface area is 124 Å². The molecule has 1 aromatic heterocycles. The van der Waals surface area contributed by atoms with Crippen LogP contribution in [0.2, 0.25) is 0 Å². The van der Waals surface area contributed by atoms with E-state index in [9.17, 15) is 4.79 Å². The fraction of sp³-hybridized carbons (Fsp3) is 0.222. The summed E-state index contributed by atoms with van der Waals surface area (Å²) in [6.45, 7) is 3.53. The van der Waals surface area contributed by atoms with Crippen LogP contribution in [0.3, 0.4) is 0 Å². The van der Waals surface area contributed by atoms with Gasteiger partial charge in [0, 0.05) is 31.0 Å². The lowest BCUT2D eigenvalue weighted by atomic mass is 9.98. The number of carbonyl (C=O) groups excluding carboxylic acids is 1. The average Bonchev–Trinajstić information content (AvgIpc) is 2.56. The maximum atomic E-state index is 12.4. The molecule has 1 aromatic carbocycles. The van der Waals surface area contributed by atoms with Crippen molar-refractivity contribution >= 4 is 11.5 Å². The molecule has 3 rings (SSSR count). The van der Waals surface area contributed by atoms with Crippen molar-refractivity contribution in [3.8, 4) is 0 Å². The summed E-state index contributed by atoms with van der Waals surface area (Å²) in [6.07, 6.45) is 6.38. The predicted molar refractivity (Wildman–Crippen MR) is 83.9 cm³/mol. The zero-order valence-electron chi connectivity index (χ0n) is 12.1. The van der Waals surface area contributed by atoms with Crippen molar-refractivity contribution < 1.29 is 4.79 Å². The van der Waals surface area contributed by atoms with Crippen LogP contribution in [0.4, 0.5) is 0 Å². The van der Waals surface area contributed by atoms with E-state index in [4.69, 9.17) is 0 Å². The highest BCUT2D eigenvalue weighted by Crippen LogP contribution is 2.23. The summed E-state index contributed by atoms with van der Waals surface area (Å²) in [6, 6.07) is 12.1. The van der Waals surface area contributed by atoms with Gasteiger partial charge in [-0.15, -0.1) is 0 Å². The molecule has 0 fully saturated rings. The van der Waals surface area contributed by atoms with Crippen molar-refractivity contribution in [3.63, 3.8) is 0 Å². The van der Waals surface area contributed by atoms with E-state index in [0.29, 0.717) is 12.1 Å². The molecule has 0 saturated heterocycles. The van der Waals surface area contributed by atoms with Crippen LogP contribution < -0.4 is 0 Å². The van der Waals surface area contributed by atoms with E-state index < -0.39 is 0 Å². The molecule has 0 saturated carbocycles. The summed E-state index contributed by atoms with van der Waals surface area (Å²) in [5.74, 6) is 0.0802. The van der Waals surface area contributed by atoms with Gasteiger partial charge in [0.05, 0.1) is 0 Å². The van der Waals surface area contributed by atoms with Gasteiger partial charge in [-0.2, -0.15) is 0 Å². The molecule has 0 unspecified atom stereocenters. The molecule has 0 aliphatic carbocycles. The number of nitrogens with zero attached hydrogens (tertiary/aromatic N) is 2. The molecule has 3 heteroatoms. The second-order valence-electron chi connectivity index (χ2n) is 5.33. The molecule has 1 aliphatic heterocycles. The first-order chi connectivity index (χ1) is 10.2.